The van der Waals surface area contributed by atoms with E-state index in [2.05, 4.69) is 0 Å². The molecule has 0 aromatic heterocycles. The molecule has 3 nitrogen and oxygen atoms in total. The highest BCUT2D eigenvalue weighted by Crippen LogP contribution is 2.66. The lowest BCUT2D eigenvalue weighted by Gasteiger charge is -2.43. The minimum absolute atomic E-state index is 0.115. The van der Waals surface area contributed by atoms with Crippen LogP contribution in [0.5, 0.6) is 0 Å². The standard InChI is InChI=1S/C15H15Cl3O3/c1-2-20-15-10(12(17)14(19)21-15)8-6-3-4-7(5-6)9(8)11(16)13(15)18/h6-9H,2-5H2,1H3/t6-,7+,8+,9-,15+/m1/s1. The fraction of sp³-hybridized carbons (Fsp3) is 0.667. The minimum atomic E-state index is -1.38. The summed E-state index contributed by atoms with van der Waals surface area (Å²) in [4.78, 5) is 12.1. The summed E-state index contributed by atoms with van der Waals surface area (Å²) in [5, 5.41) is 0.998. The average Bonchev–Trinajstić information content (AvgIpc) is 3.11. The maximum absolute atomic E-state index is 12.1. The van der Waals surface area contributed by atoms with Crippen LogP contribution in [0.25, 0.3) is 0 Å². The first kappa shape index (κ1) is 14.4. The summed E-state index contributed by atoms with van der Waals surface area (Å²) in [6, 6.07) is 0. The molecule has 3 aliphatic carbocycles. The Morgan fingerprint density at radius 3 is 2.57 bits per heavy atom. The normalized spacial score (nSPS) is 44.3. The summed E-state index contributed by atoms with van der Waals surface area (Å²) < 4.78 is 11.2. The second-order valence-corrected chi connectivity index (χ2v) is 7.38. The Morgan fingerprint density at radius 1 is 1.24 bits per heavy atom. The third-order valence-electron chi connectivity index (χ3n) is 5.40. The van der Waals surface area contributed by atoms with Gasteiger partial charge in [0.2, 0.25) is 0 Å². The molecule has 2 bridgehead atoms. The van der Waals surface area contributed by atoms with Gasteiger partial charge in [-0.1, -0.05) is 34.8 Å². The SMILES string of the molecule is CCO[C@]12OC(=O)C(Cl)=C1[C@H]1[C@@H]3CC[C@@H](C3)[C@H]1C(Cl)=C2Cl. The van der Waals surface area contributed by atoms with Crippen molar-refractivity contribution in [3.8, 4) is 0 Å². The van der Waals surface area contributed by atoms with E-state index in [0.29, 0.717) is 29.0 Å². The lowest BCUT2D eigenvalue weighted by Crippen LogP contribution is -2.46. The highest BCUT2D eigenvalue weighted by atomic mass is 35.5. The molecule has 1 aliphatic heterocycles. The van der Waals surface area contributed by atoms with Gasteiger partial charge in [0.15, 0.2) is 0 Å². The van der Waals surface area contributed by atoms with Crippen LogP contribution < -0.4 is 0 Å². The molecule has 0 unspecified atom stereocenters. The van der Waals surface area contributed by atoms with Crippen molar-refractivity contribution in [1.82, 2.24) is 0 Å². The minimum Gasteiger partial charge on any atom is -0.419 e. The van der Waals surface area contributed by atoms with Crippen molar-refractivity contribution in [3.63, 3.8) is 0 Å². The zero-order valence-electron chi connectivity index (χ0n) is 11.5. The van der Waals surface area contributed by atoms with E-state index in [9.17, 15) is 4.79 Å². The van der Waals surface area contributed by atoms with Crippen molar-refractivity contribution in [2.75, 3.05) is 6.61 Å². The van der Waals surface area contributed by atoms with Crippen LogP contribution >= 0.6 is 34.8 Å². The van der Waals surface area contributed by atoms with Crippen molar-refractivity contribution in [2.24, 2.45) is 23.7 Å². The molecule has 0 spiro atoms. The van der Waals surface area contributed by atoms with Gasteiger partial charge in [-0.15, -0.1) is 0 Å². The Morgan fingerprint density at radius 2 is 1.90 bits per heavy atom. The number of carbonyl (C=O) groups is 1. The van der Waals surface area contributed by atoms with Crippen LogP contribution in [-0.2, 0) is 14.3 Å². The zero-order chi connectivity index (χ0) is 14.9. The first-order valence-corrected chi connectivity index (χ1v) is 8.47. The molecule has 0 aromatic rings. The Balaban J connectivity index is 1.95. The molecule has 0 saturated heterocycles. The van der Waals surface area contributed by atoms with Gasteiger partial charge < -0.3 is 9.47 Å². The van der Waals surface area contributed by atoms with Crippen molar-refractivity contribution in [2.45, 2.75) is 32.0 Å². The Labute approximate surface area is 138 Å². The van der Waals surface area contributed by atoms with E-state index >= 15 is 0 Å². The van der Waals surface area contributed by atoms with Crippen LogP contribution in [-0.4, -0.2) is 18.4 Å². The summed E-state index contributed by atoms with van der Waals surface area (Å²) >= 11 is 19.3. The summed E-state index contributed by atoms with van der Waals surface area (Å²) in [6.07, 6.45) is 3.41. The smallest absolute Gasteiger partial charge is 0.353 e. The summed E-state index contributed by atoms with van der Waals surface area (Å²) in [7, 11) is 0. The van der Waals surface area contributed by atoms with Gasteiger partial charge in [-0.25, -0.2) is 4.79 Å². The van der Waals surface area contributed by atoms with Crippen LogP contribution in [0.2, 0.25) is 0 Å². The lowest BCUT2D eigenvalue weighted by molar-refractivity contribution is -0.187. The molecular weight excluding hydrogens is 335 g/mol. The van der Waals surface area contributed by atoms with Crippen LogP contribution in [0.3, 0.4) is 0 Å². The summed E-state index contributed by atoms with van der Waals surface area (Å²) in [5.41, 5.74) is 0.711. The van der Waals surface area contributed by atoms with Crippen molar-refractivity contribution in [1.29, 1.82) is 0 Å². The van der Waals surface area contributed by atoms with Gasteiger partial charge in [-0.3, -0.25) is 0 Å². The predicted octanol–water partition coefficient (Wildman–Crippen LogP) is 4.13. The monoisotopic (exact) mass is 348 g/mol. The molecule has 5 atom stereocenters. The van der Waals surface area contributed by atoms with Gasteiger partial charge >= 0.3 is 5.97 Å². The highest BCUT2D eigenvalue weighted by molar-refractivity contribution is 6.44. The molecule has 0 N–H and O–H groups in total. The number of rotatable bonds is 2. The van der Waals surface area contributed by atoms with Crippen LogP contribution in [0, 0.1) is 23.7 Å². The molecule has 0 amide bonds. The van der Waals surface area contributed by atoms with Gasteiger partial charge in [-0.2, -0.15) is 0 Å². The topological polar surface area (TPSA) is 35.5 Å². The van der Waals surface area contributed by atoms with E-state index in [1.165, 1.54) is 0 Å². The Kier molecular flexibility index (Phi) is 3.18. The van der Waals surface area contributed by atoms with E-state index in [1.54, 1.807) is 0 Å². The van der Waals surface area contributed by atoms with Crippen LogP contribution in [0.4, 0.5) is 0 Å². The molecule has 1 heterocycles. The van der Waals surface area contributed by atoms with Crippen LogP contribution in [0.15, 0.2) is 20.7 Å². The number of fused-ring (bicyclic) bond motifs is 7. The fourth-order valence-corrected chi connectivity index (χ4v) is 5.81. The average molecular weight is 350 g/mol. The maximum atomic E-state index is 12.1. The van der Waals surface area contributed by atoms with E-state index in [0.717, 1.165) is 19.3 Å². The Hall–Kier alpha value is -0.220. The van der Waals surface area contributed by atoms with Gasteiger partial charge in [-0.05, 0) is 43.9 Å². The molecule has 2 fully saturated rings. The molecule has 4 aliphatic rings. The summed E-state index contributed by atoms with van der Waals surface area (Å²) in [6.45, 7) is 2.18. The molecule has 114 valence electrons. The first-order valence-electron chi connectivity index (χ1n) is 7.34. The zero-order valence-corrected chi connectivity index (χ0v) is 13.8. The quantitative estimate of drug-likeness (QED) is 0.703. The number of carbonyl (C=O) groups excluding carboxylic acids is 1. The second-order valence-electron chi connectivity index (χ2n) is 6.21. The predicted molar refractivity (Wildman–Crippen MR) is 79.9 cm³/mol. The number of esters is 1. The molecule has 4 rings (SSSR count). The van der Waals surface area contributed by atoms with Crippen molar-refractivity contribution in [3.05, 3.63) is 20.7 Å². The van der Waals surface area contributed by atoms with Gasteiger partial charge in [0.1, 0.15) is 10.1 Å². The molecular formula is C15H15Cl3O3. The van der Waals surface area contributed by atoms with E-state index in [1.807, 2.05) is 6.92 Å². The number of hydrogen-bond donors (Lipinski definition) is 0. The summed E-state index contributed by atoms with van der Waals surface area (Å²) in [5.74, 6) is -0.669. The van der Waals surface area contributed by atoms with E-state index in [-0.39, 0.29) is 21.9 Å². The number of hydrogen-bond acceptors (Lipinski definition) is 3. The molecule has 6 heteroatoms. The molecule has 0 radical (unpaired) electrons. The number of halogens is 3. The van der Waals surface area contributed by atoms with Gasteiger partial charge in [0, 0.05) is 23.1 Å². The maximum Gasteiger partial charge on any atom is 0.353 e. The number of ether oxygens (including phenoxy) is 2. The largest absolute Gasteiger partial charge is 0.419 e. The van der Waals surface area contributed by atoms with Crippen LogP contribution in [0.1, 0.15) is 26.2 Å². The van der Waals surface area contributed by atoms with Gasteiger partial charge in [0.25, 0.3) is 5.79 Å². The molecule has 0 aromatic carbocycles. The Bertz CT molecular complexity index is 597. The van der Waals surface area contributed by atoms with Crippen molar-refractivity contribution >= 4 is 40.8 Å². The number of allylic oxidation sites excluding steroid dienone is 1. The third-order valence-corrected chi connectivity index (χ3v) is 6.74. The van der Waals surface area contributed by atoms with E-state index in [4.69, 9.17) is 44.3 Å². The fourth-order valence-electron chi connectivity index (χ4n) is 4.76. The van der Waals surface area contributed by atoms with Crippen molar-refractivity contribution < 1.29 is 14.3 Å². The van der Waals surface area contributed by atoms with E-state index < -0.39 is 11.8 Å². The van der Waals surface area contributed by atoms with Gasteiger partial charge in [0.05, 0.1) is 0 Å². The highest BCUT2D eigenvalue weighted by Gasteiger charge is 2.65. The third kappa shape index (κ3) is 1.64. The molecule has 2 saturated carbocycles. The second kappa shape index (κ2) is 4.64. The first-order chi connectivity index (χ1) is 10.0. The lowest BCUT2D eigenvalue weighted by atomic mass is 9.69. The molecule has 21 heavy (non-hydrogen) atoms.